The first kappa shape index (κ1) is 12.0. The first-order chi connectivity index (χ1) is 6.63. The second kappa shape index (κ2) is 5.70. The lowest BCUT2D eigenvalue weighted by Gasteiger charge is -2.11. The number of rotatable bonds is 4. The van der Waals surface area contributed by atoms with Gasteiger partial charge in [0, 0.05) is 21.2 Å². The fourth-order valence-corrected chi connectivity index (χ4v) is 1.67. The molecule has 1 atom stereocenters. The molecular weight excluding hydrogens is 314 g/mol. The fraction of sp³-hybridized carbons (Fsp3) is 0.333. The summed E-state index contributed by atoms with van der Waals surface area (Å²) >= 11 is 6.72. The van der Waals surface area contributed by atoms with Gasteiger partial charge in [0.05, 0.1) is 12.7 Å². The summed E-state index contributed by atoms with van der Waals surface area (Å²) in [5.74, 6) is 0. The van der Waals surface area contributed by atoms with Crippen molar-refractivity contribution in [2.24, 2.45) is 0 Å². The third kappa shape index (κ3) is 3.57. The topological polar surface area (TPSA) is 52.5 Å². The van der Waals surface area contributed by atoms with Crippen LogP contribution in [0.25, 0.3) is 0 Å². The minimum Gasteiger partial charge on any atom is -0.394 e. The molecule has 0 heterocycles. The first-order valence-electron chi connectivity index (χ1n) is 4.11. The van der Waals surface area contributed by atoms with Gasteiger partial charge in [-0.1, -0.05) is 15.9 Å². The summed E-state index contributed by atoms with van der Waals surface area (Å²) in [5.41, 5.74) is 0.881. The van der Waals surface area contributed by atoms with Gasteiger partial charge >= 0.3 is 0 Å². The van der Waals surface area contributed by atoms with E-state index in [2.05, 4.69) is 37.2 Å². The van der Waals surface area contributed by atoms with Crippen LogP contribution >= 0.6 is 31.9 Å². The van der Waals surface area contributed by atoms with Gasteiger partial charge in [-0.05, 0) is 34.1 Å². The second-order valence-corrected chi connectivity index (χ2v) is 4.61. The zero-order chi connectivity index (χ0) is 10.6. The number of anilines is 1. The summed E-state index contributed by atoms with van der Waals surface area (Å²) in [7, 11) is 0. The van der Waals surface area contributed by atoms with Crippen molar-refractivity contribution in [3.8, 4) is 0 Å². The predicted molar refractivity (Wildman–Crippen MR) is 63.4 cm³/mol. The summed E-state index contributed by atoms with van der Waals surface area (Å²) in [5, 5.41) is 20.8. The molecule has 78 valence electrons. The van der Waals surface area contributed by atoms with Crippen LogP contribution in [0.3, 0.4) is 0 Å². The zero-order valence-electron chi connectivity index (χ0n) is 7.37. The first-order valence-corrected chi connectivity index (χ1v) is 5.70. The largest absolute Gasteiger partial charge is 0.394 e. The van der Waals surface area contributed by atoms with Crippen molar-refractivity contribution in [1.29, 1.82) is 0 Å². The van der Waals surface area contributed by atoms with Gasteiger partial charge in [0.15, 0.2) is 0 Å². The molecule has 1 aromatic rings. The maximum atomic E-state index is 9.14. The van der Waals surface area contributed by atoms with Crippen molar-refractivity contribution in [3.63, 3.8) is 0 Å². The van der Waals surface area contributed by atoms with E-state index in [4.69, 9.17) is 10.2 Å². The molecular formula is C9H11Br2NO2. The van der Waals surface area contributed by atoms with E-state index in [1.54, 1.807) is 0 Å². The Balaban J connectivity index is 2.62. The average molecular weight is 325 g/mol. The minimum absolute atomic E-state index is 0.237. The Morgan fingerprint density at radius 1 is 1.36 bits per heavy atom. The molecule has 0 aliphatic carbocycles. The molecule has 5 heteroatoms. The van der Waals surface area contributed by atoms with E-state index in [0.717, 1.165) is 14.6 Å². The number of aliphatic hydroxyl groups is 2. The van der Waals surface area contributed by atoms with E-state index >= 15 is 0 Å². The van der Waals surface area contributed by atoms with Crippen LogP contribution in [0.4, 0.5) is 5.69 Å². The number of hydrogen-bond donors (Lipinski definition) is 3. The molecule has 0 unspecified atom stereocenters. The second-order valence-electron chi connectivity index (χ2n) is 2.84. The number of hydrogen-bond acceptors (Lipinski definition) is 3. The van der Waals surface area contributed by atoms with Crippen LogP contribution in [-0.2, 0) is 0 Å². The molecule has 0 saturated carbocycles. The van der Waals surface area contributed by atoms with Crippen LogP contribution in [0, 0.1) is 0 Å². The lowest BCUT2D eigenvalue weighted by molar-refractivity contribution is 0.105. The van der Waals surface area contributed by atoms with E-state index in [1.807, 2.05) is 18.2 Å². The Hall–Kier alpha value is -0.100. The molecule has 14 heavy (non-hydrogen) atoms. The number of benzene rings is 1. The molecule has 0 radical (unpaired) electrons. The Morgan fingerprint density at radius 3 is 2.71 bits per heavy atom. The summed E-state index contributed by atoms with van der Waals surface area (Å²) in [4.78, 5) is 0. The SMILES string of the molecule is OC[C@@H](O)CNc1cc(Br)ccc1Br. The molecule has 0 aromatic heterocycles. The smallest absolute Gasteiger partial charge is 0.0942 e. The maximum absolute atomic E-state index is 9.14. The van der Waals surface area contributed by atoms with Crippen LogP contribution in [-0.4, -0.2) is 29.5 Å². The molecule has 0 fully saturated rings. The fourth-order valence-electron chi connectivity index (χ4n) is 0.925. The van der Waals surface area contributed by atoms with Crippen molar-refractivity contribution in [1.82, 2.24) is 0 Å². The van der Waals surface area contributed by atoms with Gasteiger partial charge in [0.25, 0.3) is 0 Å². The van der Waals surface area contributed by atoms with E-state index in [1.165, 1.54) is 0 Å². The molecule has 1 aromatic carbocycles. The Labute approximate surface area is 99.4 Å². The maximum Gasteiger partial charge on any atom is 0.0942 e. The van der Waals surface area contributed by atoms with Crippen LogP contribution in [0.15, 0.2) is 27.1 Å². The average Bonchev–Trinajstić information content (AvgIpc) is 2.19. The molecule has 1 rings (SSSR count). The molecule has 0 aliphatic rings. The summed E-state index contributed by atoms with van der Waals surface area (Å²) in [6.07, 6.45) is -0.735. The lowest BCUT2D eigenvalue weighted by atomic mass is 10.3. The highest BCUT2D eigenvalue weighted by Crippen LogP contribution is 2.25. The third-order valence-corrected chi connectivity index (χ3v) is 2.85. The number of aliphatic hydroxyl groups excluding tert-OH is 2. The van der Waals surface area contributed by atoms with Crippen molar-refractivity contribution < 1.29 is 10.2 Å². The minimum atomic E-state index is -0.735. The van der Waals surface area contributed by atoms with Gasteiger partial charge in [-0.15, -0.1) is 0 Å². The van der Waals surface area contributed by atoms with Crippen LogP contribution in [0.1, 0.15) is 0 Å². The van der Waals surface area contributed by atoms with Gasteiger partial charge in [-0.3, -0.25) is 0 Å². The highest BCUT2D eigenvalue weighted by atomic mass is 79.9. The number of halogens is 2. The van der Waals surface area contributed by atoms with Crippen molar-refractivity contribution in [3.05, 3.63) is 27.1 Å². The molecule has 0 aliphatic heterocycles. The van der Waals surface area contributed by atoms with Crippen molar-refractivity contribution >= 4 is 37.5 Å². The van der Waals surface area contributed by atoms with Gasteiger partial charge in [-0.2, -0.15) is 0 Å². The third-order valence-electron chi connectivity index (χ3n) is 1.67. The molecule has 0 amide bonds. The van der Waals surface area contributed by atoms with Gasteiger partial charge in [0.2, 0.25) is 0 Å². The highest BCUT2D eigenvalue weighted by Gasteiger charge is 2.04. The monoisotopic (exact) mass is 323 g/mol. The van der Waals surface area contributed by atoms with E-state index < -0.39 is 6.10 Å². The Kier molecular flexibility index (Phi) is 4.88. The highest BCUT2D eigenvalue weighted by molar-refractivity contribution is 9.11. The van der Waals surface area contributed by atoms with Crippen LogP contribution in [0.5, 0.6) is 0 Å². The normalized spacial score (nSPS) is 12.6. The van der Waals surface area contributed by atoms with E-state index in [0.29, 0.717) is 6.54 Å². The van der Waals surface area contributed by atoms with Gasteiger partial charge in [-0.25, -0.2) is 0 Å². The lowest BCUT2D eigenvalue weighted by Crippen LogP contribution is -2.23. The summed E-state index contributed by atoms with van der Waals surface area (Å²) < 4.78 is 1.88. The van der Waals surface area contributed by atoms with E-state index in [9.17, 15) is 0 Å². The van der Waals surface area contributed by atoms with Crippen LogP contribution < -0.4 is 5.32 Å². The number of nitrogens with one attached hydrogen (secondary N) is 1. The Morgan fingerprint density at radius 2 is 2.07 bits per heavy atom. The molecule has 3 N–H and O–H groups in total. The molecule has 0 spiro atoms. The molecule has 0 saturated heterocycles. The zero-order valence-corrected chi connectivity index (χ0v) is 10.5. The van der Waals surface area contributed by atoms with Crippen LogP contribution in [0.2, 0.25) is 0 Å². The standard InChI is InChI=1S/C9H11Br2NO2/c10-6-1-2-8(11)9(3-6)12-4-7(14)5-13/h1-3,7,12-14H,4-5H2/t7-/m0/s1. The van der Waals surface area contributed by atoms with E-state index in [-0.39, 0.29) is 6.61 Å². The van der Waals surface area contributed by atoms with Crippen molar-refractivity contribution in [2.45, 2.75) is 6.10 Å². The van der Waals surface area contributed by atoms with Gasteiger partial charge < -0.3 is 15.5 Å². The summed E-state index contributed by atoms with van der Waals surface area (Å²) in [6.45, 7) is 0.0875. The Bertz CT molecular complexity index is 307. The quantitative estimate of drug-likeness (QED) is 0.793. The van der Waals surface area contributed by atoms with Gasteiger partial charge in [0.1, 0.15) is 0 Å². The molecule has 0 bridgehead atoms. The predicted octanol–water partition coefficient (Wildman–Crippen LogP) is 1.98. The summed E-state index contributed by atoms with van der Waals surface area (Å²) in [6, 6.07) is 5.71. The molecule has 3 nitrogen and oxygen atoms in total. The van der Waals surface area contributed by atoms with Crippen molar-refractivity contribution in [2.75, 3.05) is 18.5 Å².